The van der Waals surface area contributed by atoms with Crippen molar-refractivity contribution in [1.29, 1.82) is 0 Å². The fraction of sp³-hybridized carbons (Fsp3) is 0.944. The summed E-state index contributed by atoms with van der Waals surface area (Å²) in [7, 11) is 0. The van der Waals surface area contributed by atoms with Crippen molar-refractivity contribution < 1.29 is 9.53 Å². The molecule has 0 aromatic heterocycles. The van der Waals surface area contributed by atoms with Gasteiger partial charge in [-0.15, -0.1) is 0 Å². The summed E-state index contributed by atoms with van der Waals surface area (Å²) in [6.07, 6.45) is 5.40. The van der Waals surface area contributed by atoms with Crippen molar-refractivity contribution in [1.82, 2.24) is 9.80 Å². The van der Waals surface area contributed by atoms with Crippen molar-refractivity contribution in [3.05, 3.63) is 0 Å². The molecular formula is C18H32N2O2. The maximum Gasteiger partial charge on any atom is 0.410 e. The molecule has 0 aromatic carbocycles. The van der Waals surface area contributed by atoms with Crippen LogP contribution in [0.1, 0.15) is 53.4 Å². The van der Waals surface area contributed by atoms with E-state index < -0.39 is 0 Å². The Morgan fingerprint density at radius 2 is 1.50 bits per heavy atom. The number of carbonyl (C=O) groups excluding carboxylic acids is 1. The van der Waals surface area contributed by atoms with E-state index in [0.29, 0.717) is 11.8 Å². The molecule has 0 aromatic rings. The summed E-state index contributed by atoms with van der Waals surface area (Å²) in [5, 5.41) is 0. The molecule has 0 bridgehead atoms. The van der Waals surface area contributed by atoms with Crippen LogP contribution >= 0.6 is 0 Å². The smallest absolute Gasteiger partial charge is 0.410 e. The van der Waals surface area contributed by atoms with Crippen LogP contribution in [-0.2, 0) is 4.74 Å². The Bertz CT molecular complexity index is 396. The summed E-state index contributed by atoms with van der Waals surface area (Å²) in [5.41, 5.74) is -0.389. The van der Waals surface area contributed by atoms with Crippen LogP contribution in [0.4, 0.5) is 4.79 Å². The first kappa shape index (κ1) is 16.1. The molecule has 4 nitrogen and oxygen atoms in total. The molecule has 1 amide bonds. The zero-order chi connectivity index (χ0) is 15.9. The lowest BCUT2D eigenvalue weighted by molar-refractivity contribution is 0.0268. The number of rotatable bonds is 1. The summed E-state index contributed by atoms with van der Waals surface area (Å²) >= 11 is 0. The topological polar surface area (TPSA) is 32.8 Å². The standard InChI is InChI=1S/C18H32N2O2/c1-13-5-7-16(8-6-13)19-9-14-11-20(12-15(14)10-19)17(21)22-18(2,3)4/h13-16H,5-12H2,1-4H3. The summed E-state index contributed by atoms with van der Waals surface area (Å²) in [5.74, 6) is 2.24. The summed E-state index contributed by atoms with van der Waals surface area (Å²) in [6, 6.07) is 0.803. The predicted molar refractivity (Wildman–Crippen MR) is 87.8 cm³/mol. The van der Waals surface area contributed by atoms with Gasteiger partial charge < -0.3 is 9.64 Å². The first-order valence-corrected chi connectivity index (χ1v) is 9.04. The molecule has 3 rings (SSSR count). The third-order valence-electron chi connectivity index (χ3n) is 5.67. The van der Waals surface area contributed by atoms with Crippen LogP contribution in [0, 0.1) is 17.8 Å². The maximum atomic E-state index is 12.2. The van der Waals surface area contributed by atoms with E-state index in [2.05, 4.69) is 11.8 Å². The Balaban J connectivity index is 1.49. The van der Waals surface area contributed by atoms with E-state index in [-0.39, 0.29) is 11.7 Å². The van der Waals surface area contributed by atoms with E-state index in [0.717, 1.165) is 25.0 Å². The number of amides is 1. The minimum Gasteiger partial charge on any atom is -0.444 e. The molecule has 3 aliphatic rings. The Morgan fingerprint density at radius 3 is 2.00 bits per heavy atom. The minimum atomic E-state index is -0.389. The SMILES string of the molecule is CC1CCC(N2CC3CN(C(=O)OC(C)(C)C)CC3C2)CC1. The molecule has 0 spiro atoms. The van der Waals surface area contributed by atoms with Crippen molar-refractivity contribution in [3.8, 4) is 0 Å². The van der Waals surface area contributed by atoms with Crippen LogP contribution in [0.5, 0.6) is 0 Å². The molecule has 2 unspecified atom stereocenters. The molecule has 0 N–H and O–H groups in total. The van der Waals surface area contributed by atoms with Crippen LogP contribution in [0.3, 0.4) is 0 Å². The van der Waals surface area contributed by atoms with E-state index in [9.17, 15) is 4.79 Å². The summed E-state index contributed by atoms with van der Waals surface area (Å²) in [6.45, 7) is 12.3. The number of fused-ring (bicyclic) bond motifs is 1. The largest absolute Gasteiger partial charge is 0.444 e. The van der Waals surface area contributed by atoms with Crippen molar-refractivity contribution in [2.75, 3.05) is 26.2 Å². The summed E-state index contributed by atoms with van der Waals surface area (Å²) in [4.78, 5) is 16.8. The molecule has 4 heteroatoms. The number of nitrogens with zero attached hydrogens (tertiary/aromatic N) is 2. The van der Waals surface area contributed by atoms with E-state index >= 15 is 0 Å². The molecule has 2 heterocycles. The van der Waals surface area contributed by atoms with Gasteiger partial charge in [-0.05, 0) is 64.2 Å². The van der Waals surface area contributed by atoms with E-state index in [1.807, 2.05) is 25.7 Å². The molecule has 2 atom stereocenters. The average molecular weight is 308 g/mol. The minimum absolute atomic E-state index is 0.125. The van der Waals surface area contributed by atoms with Crippen LogP contribution in [0.15, 0.2) is 0 Å². The number of hydrogen-bond acceptors (Lipinski definition) is 3. The third kappa shape index (κ3) is 3.58. The first-order valence-electron chi connectivity index (χ1n) is 9.04. The van der Waals surface area contributed by atoms with Gasteiger partial charge in [-0.3, -0.25) is 4.90 Å². The van der Waals surface area contributed by atoms with Gasteiger partial charge >= 0.3 is 6.09 Å². The van der Waals surface area contributed by atoms with E-state index in [1.54, 1.807) is 0 Å². The molecule has 22 heavy (non-hydrogen) atoms. The normalized spacial score (nSPS) is 36.5. The van der Waals surface area contributed by atoms with Gasteiger partial charge in [0.2, 0.25) is 0 Å². The van der Waals surface area contributed by atoms with Gasteiger partial charge in [0.15, 0.2) is 0 Å². The van der Waals surface area contributed by atoms with Crippen molar-refractivity contribution in [2.24, 2.45) is 17.8 Å². The van der Waals surface area contributed by atoms with Gasteiger partial charge in [-0.25, -0.2) is 4.79 Å². The molecule has 1 saturated carbocycles. The quantitative estimate of drug-likeness (QED) is 0.744. The zero-order valence-electron chi connectivity index (χ0n) is 14.7. The van der Waals surface area contributed by atoms with E-state index in [4.69, 9.17) is 4.74 Å². The van der Waals surface area contributed by atoms with Crippen LogP contribution in [0.2, 0.25) is 0 Å². The number of ether oxygens (including phenoxy) is 1. The van der Waals surface area contributed by atoms with Gasteiger partial charge in [0, 0.05) is 32.2 Å². The van der Waals surface area contributed by atoms with Crippen LogP contribution in [0.25, 0.3) is 0 Å². The first-order chi connectivity index (χ1) is 10.3. The van der Waals surface area contributed by atoms with Crippen LogP contribution < -0.4 is 0 Å². The Hall–Kier alpha value is -0.770. The predicted octanol–water partition coefficient (Wildman–Crippen LogP) is 3.36. The third-order valence-corrected chi connectivity index (χ3v) is 5.67. The van der Waals surface area contributed by atoms with Crippen molar-refractivity contribution >= 4 is 6.09 Å². The second kappa shape index (κ2) is 6.03. The van der Waals surface area contributed by atoms with Gasteiger partial charge in [-0.2, -0.15) is 0 Å². The lowest BCUT2D eigenvalue weighted by Crippen LogP contribution is -2.40. The average Bonchev–Trinajstić information content (AvgIpc) is 2.95. The van der Waals surface area contributed by atoms with Gasteiger partial charge in [0.25, 0.3) is 0 Å². The number of carbonyl (C=O) groups is 1. The molecule has 0 radical (unpaired) electrons. The zero-order valence-corrected chi connectivity index (χ0v) is 14.7. The highest BCUT2D eigenvalue weighted by Gasteiger charge is 2.44. The lowest BCUT2D eigenvalue weighted by Gasteiger charge is -2.34. The highest BCUT2D eigenvalue weighted by atomic mass is 16.6. The maximum absolute atomic E-state index is 12.2. The number of likely N-dealkylation sites (tertiary alicyclic amines) is 2. The monoisotopic (exact) mass is 308 g/mol. The number of hydrogen-bond donors (Lipinski definition) is 0. The molecular weight excluding hydrogens is 276 g/mol. The Morgan fingerprint density at radius 1 is 0.955 bits per heavy atom. The second-order valence-electron chi connectivity index (χ2n) is 8.77. The lowest BCUT2D eigenvalue weighted by atomic mass is 9.87. The Labute approximate surface area is 135 Å². The molecule has 2 saturated heterocycles. The Kier molecular flexibility index (Phi) is 4.41. The second-order valence-corrected chi connectivity index (χ2v) is 8.77. The molecule has 2 aliphatic heterocycles. The fourth-order valence-electron chi connectivity index (χ4n) is 4.41. The van der Waals surface area contributed by atoms with Crippen molar-refractivity contribution in [2.45, 2.75) is 65.0 Å². The highest BCUT2D eigenvalue weighted by molar-refractivity contribution is 5.68. The highest BCUT2D eigenvalue weighted by Crippen LogP contribution is 2.36. The van der Waals surface area contributed by atoms with Crippen molar-refractivity contribution in [3.63, 3.8) is 0 Å². The van der Waals surface area contributed by atoms with Gasteiger partial charge in [0.1, 0.15) is 5.60 Å². The summed E-state index contributed by atoms with van der Waals surface area (Å²) < 4.78 is 5.52. The van der Waals surface area contributed by atoms with Gasteiger partial charge in [0.05, 0.1) is 0 Å². The molecule has 3 fully saturated rings. The fourth-order valence-corrected chi connectivity index (χ4v) is 4.41. The van der Waals surface area contributed by atoms with Crippen LogP contribution in [-0.4, -0.2) is 53.7 Å². The molecule has 126 valence electrons. The van der Waals surface area contributed by atoms with Gasteiger partial charge in [-0.1, -0.05) is 6.92 Å². The van der Waals surface area contributed by atoms with E-state index in [1.165, 1.54) is 38.8 Å². The molecule has 1 aliphatic carbocycles.